The Morgan fingerprint density at radius 2 is 2.08 bits per heavy atom. The lowest BCUT2D eigenvalue weighted by Crippen LogP contribution is -1.82. The van der Waals surface area contributed by atoms with E-state index in [2.05, 4.69) is 0 Å². The molecule has 0 fully saturated rings. The van der Waals surface area contributed by atoms with Crippen LogP contribution in [0.25, 0.3) is 5.57 Å². The van der Waals surface area contributed by atoms with Gasteiger partial charge in [0.05, 0.1) is 0 Å². The second-order valence-corrected chi connectivity index (χ2v) is 3.82. The molecule has 0 N–H and O–H groups in total. The van der Waals surface area contributed by atoms with Crippen LogP contribution in [0.15, 0.2) is 24.3 Å². The molecule has 0 atom stereocenters. The van der Waals surface area contributed by atoms with E-state index < -0.39 is 0 Å². The van der Waals surface area contributed by atoms with Crippen LogP contribution in [0.3, 0.4) is 0 Å². The van der Waals surface area contributed by atoms with Crippen LogP contribution in [0.2, 0.25) is 10.0 Å². The molecule has 0 amide bonds. The second-order valence-electron chi connectivity index (χ2n) is 2.67. The molecule has 0 saturated heterocycles. The Labute approximate surface area is 93.1 Å². The second kappa shape index (κ2) is 4.90. The molecule has 1 aromatic rings. The van der Waals surface area contributed by atoms with E-state index in [0.29, 0.717) is 15.9 Å². The van der Waals surface area contributed by atoms with Crippen LogP contribution in [0.4, 0.5) is 0 Å². The predicted molar refractivity (Wildman–Crippen MR) is 60.8 cm³/mol. The first-order chi connectivity index (χ1) is 6.15. The molecule has 0 aliphatic rings. The van der Waals surface area contributed by atoms with Crippen molar-refractivity contribution in [2.75, 3.05) is 5.88 Å². The molecule has 0 radical (unpaired) electrons. The zero-order chi connectivity index (χ0) is 9.84. The number of allylic oxidation sites excluding steroid dienone is 2. The fourth-order valence-electron chi connectivity index (χ4n) is 1.03. The van der Waals surface area contributed by atoms with Gasteiger partial charge in [-0.25, -0.2) is 0 Å². The van der Waals surface area contributed by atoms with Gasteiger partial charge in [-0.3, -0.25) is 0 Å². The molecular weight excluding hydrogens is 226 g/mol. The summed E-state index contributed by atoms with van der Waals surface area (Å²) >= 11 is 17.3. The Hall–Kier alpha value is -0.170. The van der Waals surface area contributed by atoms with Crippen LogP contribution in [0, 0.1) is 0 Å². The average molecular weight is 236 g/mol. The molecule has 70 valence electrons. The average Bonchev–Trinajstić information content (AvgIpc) is 2.04. The van der Waals surface area contributed by atoms with Crippen molar-refractivity contribution in [1.29, 1.82) is 0 Å². The van der Waals surface area contributed by atoms with Crippen molar-refractivity contribution in [3.8, 4) is 0 Å². The molecule has 0 saturated carbocycles. The maximum Gasteiger partial charge on any atom is 0.0495 e. The summed E-state index contributed by atoms with van der Waals surface area (Å²) in [6.45, 7) is 1.97. The number of halogens is 3. The molecule has 0 heterocycles. The largest absolute Gasteiger partial charge is 0.122 e. The highest BCUT2D eigenvalue weighted by atomic mass is 35.5. The molecule has 0 aromatic heterocycles. The van der Waals surface area contributed by atoms with Gasteiger partial charge >= 0.3 is 0 Å². The van der Waals surface area contributed by atoms with Gasteiger partial charge < -0.3 is 0 Å². The number of alkyl halides is 1. The molecule has 13 heavy (non-hydrogen) atoms. The fraction of sp³-hybridized carbons (Fsp3) is 0.200. The van der Waals surface area contributed by atoms with Gasteiger partial charge in [0.15, 0.2) is 0 Å². The summed E-state index contributed by atoms with van der Waals surface area (Å²) in [5, 5.41) is 1.30. The maximum atomic E-state index is 5.99. The molecule has 0 aliphatic heterocycles. The lowest BCUT2D eigenvalue weighted by atomic mass is 10.1. The SMILES string of the molecule is C/C(=C\CCl)c1ccc(Cl)cc1Cl. The van der Waals surface area contributed by atoms with Crippen LogP contribution in [-0.2, 0) is 0 Å². The number of hydrogen-bond donors (Lipinski definition) is 0. The van der Waals surface area contributed by atoms with Gasteiger partial charge in [0, 0.05) is 15.9 Å². The van der Waals surface area contributed by atoms with Crippen LogP contribution < -0.4 is 0 Å². The summed E-state index contributed by atoms with van der Waals surface area (Å²) < 4.78 is 0. The van der Waals surface area contributed by atoms with Crippen molar-refractivity contribution >= 4 is 40.4 Å². The van der Waals surface area contributed by atoms with E-state index in [0.717, 1.165) is 11.1 Å². The van der Waals surface area contributed by atoms with E-state index in [4.69, 9.17) is 34.8 Å². The van der Waals surface area contributed by atoms with Crippen molar-refractivity contribution in [2.24, 2.45) is 0 Å². The first-order valence-corrected chi connectivity index (χ1v) is 5.12. The normalized spacial score (nSPS) is 11.8. The minimum absolute atomic E-state index is 0.491. The number of rotatable bonds is 2. The van der Waals surface area contributed by atoms with Crippen molar-refractivity contribution in [3.63, 3.8) is 0 Å². The van der Waals surface area contributed by atoms with Gasteiger partial charge in [-0.15, -0.1) is 11.6 Å². The molecule has 0 nitrogen and oxygen atoms in total. The minimum atomic E-state index is 0.491. The highest BCUT2D eigenvalue weighted by Crippen LogP contribution is 2.26. The topological polar surface area (TPSA) is 0 Å². The zero-order valence-corrected chi connectivity index (χ0v) is 9.42. The fourth-order valence-corrected chi connectivity index (χ4v) is 1.82. The van der Waals surface area contributed by atoms with Crippen molar-refractivity contribution in [3.05, 3.63) is 39.9 Å². The van der Waals surface area contributed by atoms with E-state index in [9.17, 15) is 0 Å². The van der Waals surface area contributed by atoms with Gasteiger partial charge in [0.25, 0.3) is 0 Å². The maximum absolute atomic E-state index is 5.99. The van der Waals surface area contributed by atoms with Crippen molar-refractivity contribution in [1.82, 2.24) is 0 Å². The Bertz CT molecular complexity index is 329. The first kappa shape index (κ1) is 10.9. The quantitative estimate of drug-likeness (QED) is 0.655. The molecular formula is C10H9Cl3. The molecule has 0 bridgehead atoms. The Morgan fingerprint density at radius 3 is 2.62 bits per heavy atom. The summed E-state index contributed by atoms with van der Waals surface area (Å²) in [5.74, 6) is 0.491. The van der Waals surface area contributed by atoms with Crippen molar-refractivity contribution < 1.29 is 0 Å². The van der Waals surface area contributed by atoms with E-state index >= 15 is 0 Å². The Kier molecular flexibility index (Phi) is 4.11. The van der Waals surface area contributed by atoms with E-state index in [1.165, 1.54) is 0 Å². The van der Waals surface area contributed by atoms with Crippen molar-refractivity contribution in [2.45, 2.75) is 6.92 Å². The van der Waals surface area contributed by atoms with E-state index in [1.54, 1.807) is 6.07 Å². The minimum Gasteiger partial charge on any atom is -0.122 e. The summed E-state index contributed by atoms with van der Waals surface area (Å²) in [4.78, 5) is 0. The third kappa shape index (κ3) is 2.91. The lowest BCUT2D eigenvalue weighted by Gasteiger charge is -2.04. The third-order valence-corrected chi connectivity index (χ3v) is 2.44. The van der Waals surface area contributed by atoms with Gasteiger partial charge in [0.2, 0.25) is 0 Å². The molecule has 1 rings (SSSR count). The molecule has 0 unspecified atom stereocenters. The predicted octanol–water partition coefficient (Wildman–Crippen LogP) is 4.64. The van der Waals surface area contributed by atoms with Gasteiger partial charge in [-0.2, -0.15) is 0 Å². The molecule has 0 aliphatic carbocycles. The lowest BCUT2D eigenvalue weighted by molar-refractivity contribution is 1.54. The van der Waals surface area contributed by atoms with E-state index in [-0.39, 0.29) is 0 Å². The standard InChI is InChI=1S/C10H9Cl3/c1-7(4-5-11)9-3-2-8(12)6-10(9)13/h2-4,6H,5H2,1H3/b7-4+. The monoisotopic (exact) mass is 234 g/mol. The van der Waals surface area contributed by atoms with Crippen LogP contribution in [0.1, 0.15) is 12.5 Å². The van der Waals surface area contributed by atoms with E-state index in [1.807, 2.05) is 25.1 Å². The Balaban J connectivity index is 3.09. The highest BCUT2D eigenvalue weighted by molar-refractivity contribution is 6.35. The summed E-state index contributed by atoms with van der Waals surface area (Å²) in [6, 6.07) is 5.43. The first-order valence-electron chi connectivity index (χ1n) is 3.83. The third-order valence-electron chi connectivity index (χ3n) is 1.74. The highest BCUT2D eigenvalue weighted by Gasteiger charge is 2.01. The summed E-state index contributed by atoms with van der Waals surface area (Å²) in [7, 11) is 0. The molecule has 1 aromatic carbocycles. The Morgan fingerprint density at radius 1 is 1.38 bits per heavy atom. The summed E-state index contributed by atoms with van der Waals surface area (Å²) in [6.07, 6.45) is 1.91. The molecule has 3 heteroatoms. The van der Waals surface area contributed by atoms with Crippen LogP contribution in [-0.4, -0.2) is 5.88 Å². The van der Waals surface area contributed by atoms with Crippen LogP contribution in [0.5, 0.6) is 0 Å². The molecule has 0 spiro atoms. The summed E-state index contributed by atoms with van der Waals surface area (Å²) in [5.41, 5.74) is 2.04. The van der Waals surface area contributed by atoms with Gasteiger partial charge in [-0.05, 0) is 30.2 Å². The van der Waals surface area contributed by atoms with Gasteiger partial charge in [-0.1, -0.05) is 35.3 Å². The smallest absolute Gasteiger partial charge is 0.0495 e. The van der Waals surface area contributed by atoms with Gasteiger partial charge in [0.1, 0.15) is 0 Å². The number of benzene rings is 1. The van der Waals surface area contributed by atoms with Crippen LogP contribution >= 0.6 is 34.8 Å². The number of hydrogen-bond acceptors (Lipinski definition) is 0. The zero-order valence-electron chi connectivity index (χ0n) is 7.15.